The summed E-state index contributed by atoms with van der Waals surface area (Å²) in [5.74, 6) is 0.868. The van der Waals surface area contributed by atoms with Gasteiger partial charge in [-0.15, -0.1) is 0 Å². The second kappa shape index (κ2) is 2.94. The summed E-state index contributed by atoms with van der Waals surface area (Å²) >= 11 is 0. The van der Waals surface area contributed by atoms with E-state index in [0.29, 0.717) is 6.42 Å². The molecule has 1 heterocycles. The third kappa shape index (κ3) is 1.54. The SMILES string of the molecule is N=C(N)Cc1cc2ccccc2o1. The molecule has 13 heavy (non-hydrogen) atoms. The zero-order chi connectivity index (χ0) is 9.26. The highest BCUT2D eigenvalue weighted by molar-refractivity contribution is 5.82. The fourth-order valence-corrected chi connectivity index (χ4v) is 1.31. The number of nitrogens with two attached hydrogens (primary N) is 1. The van der Waals surface area contributed by atoms with E-state index < -0.39 is 0 Å². The summed E-state index contributed by atoms with van der Waals surface area (Å²) in [5.41, 5.74) is 6.12. The molecule has 0 radical (unpaired) electrons. The number of furan rings is 1. The van der Waals surface area contributed by atoms with Crippen LogP contribution in [0.15, 0.2) is 34.7 Å². The first-order chi connectivity index (χ1) is 6.25. The molecule has 2 rings (SSSR count). The molecule has 0 fully saturated rings. The Bertz CT molecular complexity index is 412. The molecule has 3 N–H and O–H groups in total. The Morgan fingerprint density at radius 3 is 2.85 bits per heavy atom. The monoisotopic (exact) mass is 174 g/mol. The lowest BCUT2D eigenvalue weighted by molar-refractivity contribution is 0.569. The molecule has 1 aromatic heterocycles. The Balaban J connectivity index is 2.44. The van der Waals surface area contributed by atoms with Crippen LogP contribution < -0.4 is 5.73 Å². The van der Waals surface area contributed by atoms with Crippen LogP contribution in [-0.2, 0) is 6.42 Å². The third-order valence-electron chi connectivity index (χ3n) is 1.84. The molecule has 3 heteroatoms. The van der Waals surface area contributed by atoms with Gasteiger partial charge in [0.2, 0.25) is 0 Å². The van der Waals surface area contributed by atoms with Crippen LogP contribution in [0.2, 0.25) is 0 Å². The Hall–Kier alpha value is -1.77. The summed E-state index contributed by atoms with van der Waals surface area (Å²) in [4.78, 5) is 0. The van der Waals surface area contributed by atoms with Gasteiger partial charge in [0.05, 0.1) is 12.3 Å². The van der Waals surface area contributed by atoms with E-state index in [9.17, 15) is 0 Å². The summed E-state index contributed by atoms with van der Waals surface area (Å²) in [6.45, 7) is 0. The van der Waals surface area contributed by atoms with Crippen LogP contribution in [0.3, 0.4) is 0 Å². The minimum atomic E-state index is 0.124. The average Bonchev–Trinajstić information content (AvgIpc) is 2.44. The summed E-state index contributed by atoms with van der Waals surface area (Å²) in [6.07, 6.45) is 0.384. The van der Waals surface area contributed by atoms with Gasteiger partial charge >= 0.3 is 0 Å². The van der Waals surface area contributed by atoms with Crippen molar-refractivity contribution in [2.24, 2.45) is 5.73 Å². The molecule has 0 aliphatic rings. The van der Waals surface area contributed by atoms with Gasteiger partial charge in [0.25, 0.3) is 0 Å². The van der Waals surface area contributed by atoms with E-state index in [4.69, 9.17) is 15.6 Å². The highest BCUT2D eigenvalue weighted by Gasteiger charge is 2.03. The molecular weight excluding hydrogens is 164 g/mol. The fraction of sp³-hybridized carbons (Fsp3) is 0.100. The predicted octanol–water partition coefficient (Wildman–Crippen LogP) is 1.91. The number of amidine groups is 1. The molecule has 0 unspecified atom stereocenters. The quantitative estimate of drug-likeness (QED) is 0.539. The minimum Gasteiger partial charge on any atom is -0.461 e. The number of hydrogen-bond donors (Lipinski definition) is 2. The first kappa shape index (κ1) is 7.86. The molecule has 1 aromatic carbocycles. The van der Waals surface area contributed by atoms with E-state index in [1.54, 1.807) is 0 Å². The zero-order valence-corrected chi connectivity index (χ0v) is 7.08. The van der Waals surface area contributed by atoms with Gasteiger partial charge in [0.15, 0.2) is 0 Å². The second-order valence-electron chi connectivity index (χ2n) is 2.95. The van der Waals surface area contributed by atoms with Crippen molar-refractivity contribution in [3.05, 3.63) is 36.1 Å². The van der Waals surface area contributed by atoms with Crippen LogP contribution in [0.5, 0.6) is 0 Å². The Morgan fingerprint density at radius 2 is 2.15 bits per heavy atom. The molecule has 0 aliphatic heterocycles. The number of nitrogens with one attached hydrogen (secondary N) is 1. The van der Waals surface area contributed by atoms with Gasteiger partial charge < -0.3 is 10.2 Å². The van der Waals surface area contributed by atoms with Crippen molar-refractivity contribution < 1.29 is 4.42 Å². The number of hydrogen-bond acceptors (Lipinski definition) is 2. The number of fused-ring (bicyclic) bond motifs is 1. The fourth-order valence-electron chi connectivity index (χ4n) is 1.31. The number of para-hydroxylation sites is 1. The van der Waals surface area contributed by atoms with Gasteiger partial charge in [-0.25, -0.2) is 0 Å². The van der Waals surface area contributed by atoms with E-state index in [-0.39, 0.29) is 5.84 Å². The summed E-state index contributed by atoms with van der Waals surface area (Å²) in [5, 5.41) is 8.18. The topological polar surface area (TPSA) is 63.0 Å². The molecule has 0 saturated carbocycles. The van der Waals surface area contributed by atoms with E-state index in [1.807, 2.05) is 30.3 Å². The molecule has 0 saturated heterocycles. The number of benzene rings is 1. The lowest BCUT2D eigenvalue weighted by atomic mass is 10.2. The largest absolute Gasteiger partial charge is 0.461 e. The van der Waals surface area contributed by atoms with Crippen molar-refractivity contribution >= 4 is 16.8 Å². The van der Waals surface area contributed by atoms with Crippen LogP contribution in [-0.4, -0.2) is 5.84 Å². The van der Waals surface area contributed by atoms with Crippen LogP contribution in [0.4, 0.5) is 0 Å². The minimum absolute atomic E-state index is 0.124. The van der Waals surface area contributed by atoms with E-state index in [0.717, 1.165) is 16.7 Å². The van der Waals surface area contributed by atoms with Crippen molar-refractivity contribution in [2.75, 3.05) is 0 Å². The standard InChI is InChI=1S/C10H10N2O/c11-10(12)6-8-5-7-3-1-2-4-9(7)13-8/h1-5H,6H2,(H3,11,12). The molecule has 3 nitrogen and oxygen atoms in total. The first-order valence-electron chi connectivity index (χ1n) is 4.06. The molecule has 0 bridgehead atoms. The van der Waals surface area contributed by atoms with Gasteiger partial charge in [-0.1, -0.05) is 18.2 Å². The molecule has 0 atom stereocenters. The molecule has 0 aliphatic carbocycles. The van der Waals surface area contributed by atoms with Crippen LogP contribution in [0.1, 0.15) is 5.76 Å². The smallest absolute Gasteiger partial charge is 0.134 e. The van der Waals surface area contributed by atoms with Gasteiger partial charge in [-0.3, -0.25) is 5.41 Å². The summed E-state index contributed by atoms with van der Waals surface area (Å²) in [7, 11) is 0. The van der Waals surface area contributed by atoms with Crippen molar-refractivity contribution in [3.63, 3.8) is 0 Å². The van der Waals surface area contributed by atoms with Gasteiger partial charge in [-0.2, -0.15) is 0 Å². The molecule has 0 amide bonds. The van der Waals surface area contributed by atoms with Crippen LogP contribution in [0.25, 0.3) is 11.0 Å². The highest BCUT2D eigenvalue weighted by Crippen LogP contribution is 2.18. The van der Waals surface area contributed by atoms with Crippen LogP contribution in [0, 0.1) is 5.41 Å². The van der Waals surface area contributed by atoms with Crippen molar-refractivity contribution in [3.8, 4) is 0 Å². The van der Waals surface area contributed by atoms with Crippen molar-refractivity contribution in [1.82, 2.24) is 0 Å². The van der Waals surface area contributed by atoms with Crippen LogP contribution >= 0.6 is 0 Å². The summed E-state index contributed by atoms with van der Waals surface area (Å²) < 4.78 is 5.46. The molecule has 2 aromatic rings. The molecule has 0 spiro atoms. The Kier molecular flexibility index (Phi) is 1.77. The predicted molar refractivity (Wildman–Crippen MR) is 51.8 cm³/mol. The second-order valence-corrected chi connectivity index (χ2v) is 2.95. The highest BCUT2D eigenvalue weighted by atomic mass is 16.3. The summed E-state index contributed by atoms with van der Waals surface area (Å²) in [6, 6.07) is 9.66. The van der Waals surface area contributed by atoms with E-state index in [1.165, 1.54) is 0 Å². The van der Waals surface area contributed by atoms with Gasteiger partial charge in [0.1, 0.15) is 11.3 Å². The zero-order valence-electron chi connectivity index (χ0n) is 7.08. The number of rotatable bonds is 2. The third-order valence-corrected chi connectivity index (χ3v) is 1.84. The van der Waals surface area contributed by atoms with Crippen molar-refractivity contribution in [2.45, 2.75) is 6.42 Å². The van der Waals surface area contributed by atoms with Gasteiger partial charge in [0, 0.05) is 5.39 Å². The lowest BCUT2D eigenvalue weighted by Gasteiger charge is -1.90. The van der Waals surface area contributed by atoms with Crippen molar-refractivity contribution in [1.29, 1.82) is 5.41 Å². The van der Waals surface area contributed by atoms with Gasteiger partial charge in [-0.05, 0) is 12.1 Å². The maximum absolute atomic E-state index is 7.12. The first-order valence-corrected chi connectivity index (χ1v) is 4.06. The Morgan fingerprint density at radius 1 is 1.38 bits per heavy atom. The maximum Gasteiger partial charge on any atom is 0.134 e. The van der Waals surface area contributed by atoms with E-state index >= 15 is 0 Å². The molecule has 66 valence electrons. The normalized spacial score (nSPS) is 10.5. The van der Waals surface area contributed by atoms with E-state index in [2.05, 4.69) is 0 Å². The Labute approximate surface area is 75.7 Å². The average molecular weight is 174 g/mol. The molecular formula is C10H10N2O. The maximum atomic E-state index is 7.12. The lowest BCUT2D eigenvalue weighted by Crippen LogP contribution is -2.11.